The third kappa shape index (κ3) is 6.43. The van der Waals surface area contributed by atoms with Gasteiger partial charge in [-0.15, -0.1) is 5.10 Å². The molecule has 0 saturated carbocycles. The molecule has 4 aromatic rings. The second kappa shape index (κ2) is 10.8. The zero-order valence-electron chi connectivity index (χ0n) is 18.3. The van der Waals surface area contributed by atoms with E-state index in [4.69, 9.17) is 16.3 Å². The monoisotopic (exact) mass is 464 g/mol. The third-order valence-electron chi connectivity index (χ3n) is 5.00. The maximum Gasteiger partial charge on any atom is 0.241 e. The van der Waals surface area contributed by atoms with Crippen molar-refractivity contribution < 1.29 is 9.53 Å². The summed E-state index contributed by atoms with van der Waals surface area (Å²) in [4.78, 5) is 16.5. The predicted octanol–water partition coefficient (Wildman–Crippen LogP) is 3.99. The lowest BCUT2D eigenvalue weighted by atomic mass is 10.2. The van der Waals surface area contributed by atoms with Crippen LogP contribution in [0.25, 0.3) is 10.9 Å². The van der Waals surface area contributed by atoms with Crippen LogP contribution in [0.4, 0.5) is 5.69 Å². The highest BCUT2D eigenvalue weighted by molar-refractivity contribution is 6.31. The normalized spacial score (nSPS) is 10.8. The molecule has 0 fully saturated rings. The van der Waals surface area contributed by atoms with E-state index < -0.39 is 0 Å². The molecule has 0 spiro atoms. The first kappa shape index (κ1) is 22.5. The number of fused-ring (bicyclic) bond motifs is 1. The summed E-state index contributed by atoms with van der Waals surface area (Å²) in [5, 5.41) is 16.0. The molecule has 0 aliphatic carbocycles. The molecule has 33 heavy (non-hydrogen) atoms. The summed E-state index contributed by atoms with van der Waals surface area (Å²) in [5.74, 6) is 0.653. The van der Waals surface area contributed by atoms with Crippen molar-refractivity contribution in [3.8, 4) is 5.75 Å². The number of pyridine rings is 1. The van der Waals surface area contributed by atoms with E-state index in [9.17, 15) is 4.79 Å². The molecule has 170 valence electrons. The summed E-state index contributed by atoms with van der Waals surface area (Å²) in [7, 11) is 0. The molecule has 2 aromatic carbocycles. The van der Waals surface area contributed by atoms with Gasteiger partial charge in [-0.05, 0) is 49.7 Å². The van der Waals surface area contributed by atoms with E-state index in [-0.39, 0.29) is 12.5 Å². The van der Waals surface area contributed by atoms with E-state index in [0.29, 0.717) is 30.4 Å². The van der Waals surface area contributed by atoms with Gasteiger partial charge in [0.15, 0.2) is 0 Å². The molecule has 1 amide bonds. The van der Waals surface area contributed by atoms with Crippen LogP contribution in [0.5, 0.6) is 5.75 Å². The Bertz CT molecular complexity index is 1230. The van der Waals surface area contributed by atoms with Crippen LogP contribution in [0.1, 0.15) is 17.7 Å². The minimum atomic E-state index is -0.116. The van der Waals surface area contributed by atoms with Crippen molar-refractivity contribution in [2.24, 2.45) is 0 Å². The van der Waals surface area contributed by atoms with Crippen molar-refractivity contribution >= 4 is 34.1 Å². The molecule has 0 saturated heterocycles. The van der Waals surface area contributed by atoms with Gasteiger partial charge in [0, 0.05) is 35.4 Å². The highest BCUT2D eigenvalue weighted by Gasteiger charge is 2.07. The van der Waals surface area contributed by atoms with E-state index >= 15 is 0 Å². The quantitative estimate of drug-likeness (QED) is 0.345. The van der Waals surface area contributed by atoms with Gasteiger partial charge < -0.3 is 15.4 Å². The number of ether oxygens (including phenoxy) is 1. The Hall–Kier alpha value is -3.65. The predicted molar refractivity (Wildman–Crippen MR) is 128 cm³/mol. The lowest BCUT2D eigenvalue weighted by Crippen LogP contribution is -2.29. The third-order valence-corrected chi connectivity index (χ3v) is 5.23. The molecule has 2 aromatic heterocycles. The largest absolute Gasteiger partial charge is 0.487 e. The van der Waals surface area contributed by atoms with E-state index in [0.717, 1.165) is 28.8 Å². The van der Waals surface area contributed by atoms with Gasteiger partial charge in [0.2, 0.25) is 5.91 Å². The molecular formula is C24H25ClN6O2. The Morgan fingerprint density at radius 2 is 1.97 bits per heavy atom. The van der Waals surface area contributed by atoms with Crippen LogP contribution in [0.3, 0.4) is 0 Å². The lowest BCUT2D eigenvalue weighted by molar-refractivity contribution is -0.121. The number of hydrogen-bond acceptors (Lipinski definition) is 6. The van der Waals surface area contributed by atoms with Gasteiger partial charge in [-0.3, -0.25) is 9.78 Å². The number of aryl methyl sites for hydroxylation is 1. The molecule has 8 nitrogen and oxygen atoms in total. The highest BCUT2D eigenvalue weighted by Crippen LogP contribution is 2.24. The van der Waals surface area contributed by atoms with Crippen LogP contribution in [0, 0.1) is 6.92 Å². The van der Waals surface area contributed by atoms with Gasteiger partial charge >= 0.3 is 0 Å². The zero-order valence-corrected chi connectivity index (χ0v) is 19.0. The number of amides is 1. The van der Waals surface area contributed by atoms with Crippen molar-refractivity contribution in [1.82, 2.24) is 25.3 Å². The summed E-state index contributed by atoms with van der Waals surface area (Å²) in [6.45, 7) is 3.70. The molecule has 0 aliphatic rings. The highest BCUT2D eigenvalue weighted by atomic mass is 35.5. The number of nitrogens with one attached hydrogen (secondary N) is 2. The fraction of sp³-hybridized carbons (Fsp3) is 0.250. The Morgan fingerprint density at radius 1 is 1.12 bits per heavy atom. The summed E-state index contributed by atoms with van der Waals surface area (Å²) in [5.41, 5.74) is 3.67. The Morgan fingerprint density at radius 3 is 2.82 bits per heavy atom. The van der Waals surface area contributed by atoms with Crippen molar-refractivity contribution in [1.29, 1.82) is 0 Å². The summed E-state index contributed by atoms with van der Waals surface area (Å²) in [6, 6.07) is 15.4. The number of anilines is 1. The average molecular weight is 465 g/mol. The minimum absolute atomic E-state index is 0.112. The van der Waals surface area contributed by atoms with Crippen LogP contribution in [-0.2, 0) is 17.9 Å². The molecule has 2 N–H and O–H groups in total. The summed E-state index contributed by atoms with van der Waals surface area (Å²) >= 11 is 6.03. The molecule has 0 radical (unpaired) electrons. The zero-order chi connectivity index (χ0) is 23.0. The molecule has 0 bridgehead atoms. The van der Waals surface area contributed by atoms with Crippen LogP contribution >= 0.6 is 11.6 Å². The smallest absolute Gasteiger partial charge is 0.241 e. The fourth-order valence-electron chi connectivity index (χ4n) is 3.29. The van der Waals surface area contributed by atoms with E-state index in [1.54, 1.807) is 12.4 Å². The molecule has 4 rings (SSSR count). The van der Waals surface area contributed by atoms with Crippen molar-refractivity contribution in [2.75, 3.05) is 18.4 Å². The lowest BCUT2D eigenvalue weighted by Gasteiger charge is -2.10. The maximum absolute atomic E-state index is 12.2. The van der Waals surface area contributed by atoms with Crippen molar-refractivity contribution in [2.45, 2.75) is 26.5 Å². The number of rotatable bonds is 10. The average Bonchev–Trinajstić information content (AvgIpc) is 3.25. The number of aromatic nitrogens is 4. The van der Waals surface area contributed by atoms with Crippen molar-refractivity contribution in [3.63, 3.8) is 0 Å². The number of carbonyl (C=O) groups is 1. The first-order chi connectivity index (χ1) is 16.1. The van der Waals surface area contributed by atoms with Gasteiger partial charge in [-0.2, -0.15) is 0 Å². The fourth-order valence-corrected chi connectivity index (χ4v) is 3.46. The van der Waals surface area contributed by atoms with Gasteiger partial charge in [0.1, 0.15) is 24.6 Å². The van der Waals surface area contributed by atoms with Crippen LogP contribution in [0.15, 0.2) is 60.9 Å². The standard InChI is InChI=1S/C24H25ClN6O2/c1-17-3-6-20(7-4-17)33-16-19-14-31(30-29-19)15-24(32)28-11-2-10-26-22-9-12-27-23-13-18(25)5-8-21(22)23/h3-9,12-14H,2,10-11,15-16H2,1H3,(H,26,27)(H,28,32). The summed E-state index contributed by atoms with van der Waals surface area (Å²) < 4.78 is 7.20. The first-order valence-electron chi connectivity index (χ1n) is 10.7. The minimum Gasteiger partial charge on any atom is -0.487 e. The van der Waals surface area contributed by atoms with Gasteiger partial charge in [-0.25, -0.2) is 4.68 Å². The van der Waals surface area contributed by atoms with Crippen LogP contribution in [0.2, 0.25) is 5.02 Å². The van der Waals surface area contributed by atoms with Gasteiger partial charge in [0.25, 0.3) is 0 Å². The van der Waals surface area contributed by atoms with E-state index in [2.05, 4.69) is 25.9 Å². The summed E-state index contributed by atoms with van der Waals surface area (Å²) in [6.07, 6.45) is 4.24. The number of benzene rings is 2. The Labute approximate surface area is 196 Å². The van der Waals surface area contributed by atoms with Gasteiger partial charge in [-0.1, -0.05) is 34.5 Å². The van der Waals surface area contributed by atoms with Crippen LogP contribution < -0.4 is 15.4 Å². The molecular weight excluding hydrogens is 440 g/mol. The maximum atomic E-state index is 12.2. The number of halogens is 1. The van der Waals surface area contributed by atoms with Crippen LogP contribution in [-0.4, -0.2) is 39.0 Å². The molecule has 0 aliphatic heterocycles. The molecule has 0 unspecified atom stereocenters. The SMILES string of the molecule is Cc1ccc(OCc2cn(CC(=O)NCCCNc3ccnc4cc(Cl)ccc34)nn2)cc1. The topological polar surface area (TPSA) is 94.0 Å². The second-order valence-electron chi connectivity index (χ2n) is 7.66. The Kier molecular flexibility index (Phi) is 7.36. The molecule has 9 heteroatoms. The van der Waals surface area contributed by atoms with Crippen molar-refractivity contribution in [3.05, 3.63) is 77.2 Å². The van der Waals surface area contributed by atoms with E-state index in [1.165, 1.54) is 10.2 Å². The van der Waals surface area contributed by atoms with Gasteiger partial charge in [0.05, 0.1) is 11.7 Å². The molecule has 2 heterocycles. The Balaban J connectivity index is 1.16. The van der Waals surface area contributed by atoms with E-state index in [1.807, 2.05) is 55.5 Å². The first-order valence-corrected chi connectivity index (χ1v) is 11.1. The number of hydrogen-bond donors (Lipinski definition) is 2. The molecule has 0 atom stereocenters. The number of carbonyl (C=O) groups excluding carboxylic acids is 1. The second-order valence-corrected chi connectivity index (χ2v) is 8.10. The number of nitrogens with zero attached hydrogens (tertiary/aromatic N) is 4.